The van der Waals surface area contributed by atoms with Gasteiger partial charge in [-0.2, -0.15) is 4.98 Å². The predicted molar refractivity (Wildman–Crippen MR) is 131 cm³/mol. The molecular formula is C26H35N5O3. The number of fused-ring (bicyclic) bond motifs is 1. The molecular weight excluding hydrogens is 430 g/mol. The average molecular weight is 466 g/mol. The highest BCUT2D eigenvalue weighted by Crippen LogP contribution is 2.40. The molecule has 1 aromatic heterocycles. The van der Waals surface area contributed by atoms with E-state index in [1.165, 1.54) is 11.1 Å². The van der Waals surface area contributed by atoms with Crippen LogP contribution in [0.2, 0.25) is 0 Å². The Balaban J connectivity index is 1.32. The maximum atomic E-state index is 9.21. The minimum atomic E-state index is -0.106. The normalized spacial score (nSPS) is 23.8. The topological polar surface area (TPSA) is 101 Å². The first-order valence-corrected chi connectivity index (χ1v) is 12.4. The van der Waals surface area contributed by atoms with Gasteiger partial charge in [0, 0.05) is 55.6 Å². The van der Waals surface area contributed by atoms with Crippen LogP contribution in [-0.2, 0) is 11.2 Å². The van der Waals surface area contributed by atoms with Crippen LogP contribution < -0.4 is 5.73 Å². The molecule has 0 bridgehead atoms. The maximum Gasteiger partial charge on any atom is 0.257 e. The van der Waals surface area contributed by atoms with Crippen LogP contribution in [0.15, 0.2) is 40.6 Å². The van der Waals surface area contributed by atoms with Crippen molar-refractivity contribution in [2.24, 2.45) is 5.73 Å². The number of nitrogens with two attached hydrogens (primary N) is 1. The molecule has 2 atom stereocenters. The number of aromatic nitrogens is 2. The number of aliphatic hydroxyl groups excluding tert-OH is 1. The van der Waals surface area contributed by atoms with Crippen LogP contribution in [0.1, 0.15) is 49.7 Å². The second kappa shape index (κ2) is 10.00. The smallest absolute Gasteiger partial charge is 0.257 e. The summed E-state index contributed by atoms with van der Waals surface area (Å²) in [7, 11) is 0. The van der Waals surface area contributed by atoms with Crippen molar-refractivity contribution in [1.82, 2.24) is 19.9 Å². The molecule has 0 radical (unpaired) electrons. The quantitative estimate of drug-likeness (QED) is 0.644. The number of allylic oxidation sites excluding steroid dienone is 2. The zero-order chi connectivity index (χ0) is 23.7. The Kier molecular flexibility index (Phi) is 6.83. The zero-order valence-corrected chi connectivity index (χ0v) is 20.1. The van der Waals surface area contributed by atoms with Crippen molar-refractivity contribution in [3.05, 3.63) is 53.1 Å². The highest BCUT2D eigenvalue weighted by molar-refractivity contribution is 5.72. The van der Waals surface area contributed by atoms with Crippen LogP contribution in [0, 0.1) is 0 Å². The zero-order valence-electron chi connectivity index (χ0n) is 20.1. The van der Waals surface area contributed by atoms with Crippen molar-refractivity contribution in [3.8, 4) is 11.4 Å². The summed E-state index contributed by atoms with van der Waals surface area (Å²) in [6.45, 7) is 9.10. The summed E-state index contributed by atoms with van der Waals surface area (Å²) >= 11 is 0. The molecule has 8 heteroatoms. The third kappa shape index (κ3) is 4.68. The first-order chi connectivity index (χ1) is 16.5. The number of hydrogen-bond acceptors (Lipinski definition) is 8. The maximum absolute atomic E-state index is 9.21. The van der Waals surface area contributed by atoms with Crippen LogP contribution in [0.25, 0.3) is 17.0 Å². The van der Waals surface area contributed by atoms with Gasteiger partial charge in [0.15, 0.2) is 0 Å². The Bertz CT molecular complexity index is 1070. The van der Waals surface area contributed by atoms with Crippen LogP contribution in [-0.4, -0.2) is 76.6 Å². The lowest BCUT2D eigenvalue weighted by Gasteiger charge is -2.38. The number of rotatable bonds is 7. The number of ether oxygens (including phenoxy) is 1. The molecule has 34 heavy (non-hydrogen) atoms. The van der Waals surface area contributed by atoms with Crippen LogP contribution in [0.5, 0.6) is 0 Å². The minimum absolute atomic E-state index is 0.106. The molecule has 2 unspecified atom stereocenters. The third-order valence-electron chi connectivity index (χ3n) is 7.10. The van der Waals surface area contributed by atoms with Crippen molar-refractivity contribution in [3.63, 3.8) is 0 Å². The molecule has 2 aliphatic carbocycles. The molecule has 2 aromatic rings. The molecule has 182 valence electrons. The summed E-state index contributed by atoms with van der Waals surface area (Å²) in [5.41, 5.74) is 11.6. The van der Waals surface area contributed by atoms with Gasteiger partial charge in [-0.25, -0.2) is 0 Å². The van der Waals surface area contributed by atoms with E-state index in [0.717, 1.165) is 56.7 Å². The SMILES string of the molecule is CC(C)OC1CC=C(c2nc(-c3cccc4c3CCC4N3CCN(CCO)CC3)no2)C=C1N. The van der Waals surface area contributed by atoms with Gasteiger partial charge in [-0.1, -0.05) is 29.4 Å². The van der Waals surface area contributed by atoms with E-state index in [-0.39, 0.29) is 18.8 Å². The van der Waals surface area contributed by atoms with Crippen molar-refractivity contribution in [2.75, 3.05) is 39.3 Å². The summed E-state index contributed by atoms with van der Waals surface area (Å²) in [6, 6.07) is 6.88. The highest BCUT2D eigenvalue weighted by Gasteiger charge is 2.32. The molecule has 2 heterocycles. The molecule has 5 rings (SSSR count). The molecule has 3 aliphatic rings. The molecule has 1 saturated heterocycles. The second-order valence-electron chi connectivity index (χ2n) is 9.67. The van der Waals surface area contributed by atoms with E-state index in [0.29, 0.717) is 29.9 Å². The number of benzene rings is 1. The molecule has 8 nitrogen and oxygen atoms in total. The molecule has 1 aromatic carbocycles. The van der Waals surface area contributed by atoms with Crippen molar-refractivity contribution < 1.29 is 14.4 Å². The summed E-state index contributed by atoms with van der Waals surface area (Å²) in [6.07, 6.45) is 6.78. The van der Waals surface area contributed by atoms with E-state index in [1.54, 1.807) is 0 Å². The summed E-state index contributed by atoms with van der Waals surface area (Å²) in [5.74, 6) is 1.13. The first kappa shape index (κ1) is 23.2. The summed E-state index contributed by atoms with van der Waals surface area (Å²) in [5, 5.41) is 13.5. The van der Waals surface area contributed by atoms with Crippen LogP contribution >= 0.6 is 0 Å². The average Bonchev–Trinajstić information content (AvgIpc) is 3.49. The van der Waals surface area contributed by atoms with Gasteiger partial charge in [-0.15, -0.1) is 0 Å². The number of β-amino-alcohol motifs (C(OH)–C–C–N with tert-alkyl or cyclic N) is 1. The van der Waals surface area contributed by atoms with Crippen molar-refractivity contribution in [1.29, 1.82) is 0 Å². The monoisotopic (exact) mass is 465 g/mol. The van der Waals surface area contributed by atoms with Gasteiger partial charge in [0.05, 0.1) is 12.7 Å². The van der Waals surface area contributed by atoms with Gasteiger partial charge in [0.25, 0.3) is 5.89 Å². The Hall–Kier alpha value is -2.52. The summed E-state index contributed by atoms with van der Waals surface area (Å²) < 4.78 is 11.5. The van der Waals surface area contributed by atoms with Gasteiger partial charge in [-0.05, 0) is 50.3 Å². The molecule has 0 saturated carbocycles. The second-order valence-corrected chi connectivity index (χ2v) is 9.67. The van der Waals surface area contributed by atoms with E-state index in [1.807, 2.05) is 19.9 Å². The fourth-order valence-corrected chi connectivity index (χ4v) is 5.42. The van der Waals surface area contributed by atoms with Crippen molar-refractivity contribution in [2.45, 2.75) is 51.4 Å². The Morgan fingerprint density at radius 1 is 1.24 bits per heavy atom. The van der Waals surface area contributed by atoms with Gasteiger partial charge < -0.3 is 20.1 Å². The largest absolute Gasteiger partial charge is 0.400 e. The highest BCUT2D eigenvalue weighted by atomic mass is 16.5. The van der Waals surface area contributed by atoms with Crippen LogP contribution in [0.4, 0.5) is 0 Å². The van der Waals surface area contributed by atoms with Crippen LogP contribution in [0.3, 0.4) is 0 Å². The lowest BCUT2D eigenvalue weighted by molar-refractivity contribution is 0.0295. The minimum Gasteiger partial charge on any atom is -0.400 e. The molecule has 1 fully saturated rings. The number of piperazine rings is 1. The lowest BCUT2D eigenvalue weighted by Crippen LogP contribution is -2.47. The fraction of sp³-hybridized carbons (Fsp3) is 0.538. The van der Waals surface area contributed by atoms with E-state index >= 15 is 0 Å². The fourth-order valence-electron chi connectivity index (χ4n) is 5.42. The molecule has 0 amide bonds. The standard InChI is InChI=1S/C26H35N5O3/c1-17(2)33-24-9-6-18(16-22(24)27)26-28-25(29-34-26)21-5-3-4-20-19(21)7-8-23(20)31-12-10-30(11-13-31)14-15-32/h3-6,16-17,23-24,32H,7-15,27H2,1-2H3. The molecule has 1 aliphatic heterocycles. The molecule has 0 spiro atoms. The van der Waals surface area contributed by atoms with Gasteiger partial charge in [-0.3, -0.25) is 9.80 Å². The van der Waals surface area contributed by atoms with E-state index in [4.69, 9.17) is 20.0 Å². The Morgan fingerprint density at radius 3 is 2.79 bits per heavy atom. The van der Waals surface area contributed by atoms with Crippen molar-refractivity contribution >= 4 is 5.57 Å². The number of hydrogen-bond donors (Lipinski definition) is 2. The third-order valence-corrected chi connectivity index (χ3v) is 7.10. The van der Waals surface area contributed by atoms with Gasteiger partial charge in [0.1, 0.15) is 6.10 Å². The molecule has 3 N–H and O–H groups in total. The van der Waals surface area contributed by atoms with E-state index in [2.05, 4.69) is 39.2 Å². The summed E-state index contributed by atoms with van der Waals surface area (Å²) in [4.78, 5) is 9.66. The number of aliphatic hydroxyl groups is 1. The Morgan fingerprint density at radius 2 is 2.06 bits per heavy atom. The first-order valence-electron chi connectivity index (χ1n) is 12.4. The number of nitrogens with zero attached hydrogens (tertiary/aromatic N) is 4. The Labute approximate surface area is 201 Å². The predicted octanol–water partition coefficient (Wildman–Crippen LogP) is 2.76. The van der Waals surface area contributed by atoms with Gasteiger partial charge in [0.2, 0.25) is 5.82 Å². The lowest BCUT2D eigenvalue weighted by atomic mass is 10.0. The van der Waals surface area contributed by atoms with E-state index in [9.17, 15) is 5.11 Å². The van der Waals surface area contributed by atoms with E-state index < -0.39 is 0 Å². The van der Waals surface area contributed by atoms with Gasteiger partial charge >= 0.3 is 0 Å².